The van der Waals surface area contributed by atoms with E-state index in [0.717, 1.165) is 10.2 Å². The van der Waals surface area contributed by atoms with Crippen molar-refractivity contribution in [2.45, 2.75) is 0 Å². The van der Waals surface area contributed by atoms with E-state index in [4.69, 9.17) is 14.6 Å². The number of carboxylic acid groups (broad SMARTS) is 1. The average molecular weight is 275 g/mol. The first kappa shape index (κ1) is 12.0. The predicted octanol–water partition coefficient (Wildman–Crippen LogP) is 1.93. The first-order chi connectivity index (χ1) is 7.18. The zero-order valence-electron chi connectivity index (χ0n) is 7.98. The largest absolute Gasteiger partial charge is 0.491 e. The van der Waals surface area contributed by atoms with E-state index in [0.29, 0.717) is 6.61 Å². The molecule has 1 aromatic rings. The Morgan fingerprint density at radius 2 is 1.93 bits per heavy atom. The fourth-order valence-corrected chi connectivity index (χ4v) is 1.17. The van der Waals surface area contributed by atoms with Crippen LogP contribution in [0.25, 0.3) is 0 Å². The van der Waals surface area contributed by atoms with Gasteiger partial charge in [0.2, 0.25) is 0 Å². The summed E-state index contributed by atoms with van der Waals surface area (Å²) in [6, 6.07) is 7.38. The summed E-state index contributed by atoms with van der Waals surface area (Å²) >= 11 is 3.31. The van der Waals surface area contributed by atoms with Crippen molar-refractivity contribution in [3.8, 4) is 5.75 Å². The molecule has 0 aliphatic heterocycles. The Hall–Kier alpha value is -1.07. The van der Waals surface area contributed by atoms with Crippen molar-refractivity contribution in [3.05, 3.63) is 28.7 Å². The van der Waals surface area contributed by atoms with Crippen molar-refractivity contribution >= 4 is 21.9 Å². The Kier molecular flexibility index (Phi) is 5.14. The van der Waals surface area contributed by atoms with Crippen molar-refractivity contribution in [2.75, 3.05) is 19.8 Å². The van der Waals surface area contributed by atoms with Gasteiger partial charge in [0.1, 0.15) is 19.0 Å². The number of carbonyl (C=O) groups is 1. The van der Waals surface area contributed by atoms with Gasteiger partial charge in [-0.05, 0) is 24.3 Å². The molecule has 0 aromatic heterocycles. The topological polar surface area (TPSA) is 55.8 Å². The molecule has 1 rings (SSSR count). The third-order valence-electron chi connectivity index (χ3n) is 1.54. The quantitative estimate of drug-likeness (QED) is 0.806. The summed E-state index contributed by atoms with van der Waals surface area (Å²) in [5, 5.41) is 8.29. The Labute approximate surface area is 95.9 Å². The van der Waals surface area contributed by atoms with Crippen LogP contribution in [0.1, 0.15) is 0 Å². The van der Waals surface area contributed by atoms with Crippen molar-refractivity contribution in [1.29, 1.82) is 0 Å². The lowest BCUT2D eigenvalue weighted by Gasteiger charge is -2.05. The zero-order valence-corrected chi connectivity index (χ0v) is 9.57. The first-order valence-electron chi connectivity index (χ1n) is 4.36. The molecule has 0 amide bonds. The fraction of sp³-hybridized carbons (Fsp3) is 0.300. The van der Waals surface area contributed by atoms with Gasteiger partial charge in [-0.3, -0.25) is 0 Å². The predicted molar refractivity (Wildman–Crippen MR) is 58.1 cm³/mol. The average Bonchev–Trinajstić information content (AvgIpc) is 2.20. The van der Waals surface area contributed by atoms with E-state index in [1.165, 1.54) is 0 Å². The second-order valence-corrected chi connectivity index (χ2v) is 3.66. The van der Waals surface area contributed by atoms with Gasteiger partial charge in [-0.2, -0.15) is 0 Å². The van der Waals surface area contributed by atoms with E-state index in [9.17, 15) is 4.79 Å². The molecule has 0 saturated carbocycles. The monoisotopic (exact) mass is 274 g/mol. The first-order valence-corrected chi connectivity index (χ1v) is 5.15. The van der Waals surface area contributed by atoms with Gasteiger partial charge in [-0.15, -0.1) is 0 Å². The minimum Gasteiger partial charge on any atom is -0.491 e. The number of hydrogen-bond donors (Lipinski definition) is 1. The standard InChI is InChI=1S/C10H11BrO4/c11-8-1-3-9(4-2-8)15-6-5-14-7-10(12)13/h1-4H,5-7H2,(H,12,13). The van der Waals surface area contributed by atoms with Crippen LogP contribution in [0.4, 0.5) is 0 Å². The molecule has 1 aromatic carbocycles. The molecule has 0 unspecified atom stereocenters. The van der Waals surface area contributed by atoms with E-state index >= 15 is 0 Å². The smallest absolute Gasteiger partial charge is 0.329 e. The molecule has 15 heavy (non-hydrogen) atoms. The number of aliphatic carboxylic acids is 1. The highest BCUT2D eigenvalue weighted by Gasteiger charge is 1.97. The number of hydrogen-bond acceptors (Lipinski definition) is 3. The second-order valence-electron chi connectivity index (χ2n) is 2.75. The van der Waals surface area contributed by atoms with Crippen LogP contribution >= 0.6 is 15.9 Å². The Morgan fingerprint density at radius 1 is 1.27 bits per heavy atom. The summed E-state index contributed by atoms with van der Waals surface area (Å²) in [6.45, 7) is 0.320. The molecule has 0 radical (unpaired) electrons. The molecule has 1 N–H and O–H groups in total. The highest BCUT2D eigenvalue weighted by molar-refractivity contribution is 9.10. The molecule has 0 saturated heterocycles. The van der Waals surface area contributed by atoms with Gasteiger partial charge in [-0.25, -0.2) is 4.79 Å². The van der Waals surface area contributed by atoms with Gasteiger partial charge in [0.25, 0.3) is 0 Å². The summed E-state index contributed by atoms with van der Waals surface area (Å²) in [7, 11) is 0. The van der Waals surface area contributed by atoms with E-state index in [1.807, 2.05) is 24.3 Å². The summed E-state index contributed by atoms with van der Waals surface area (Å²) in [6.07, 6.45) is 0. The Morgan fingerprint density at radius 3 is 2.53 bits per heavy atom. The van der Waals surface area contributed by atoms with Gasteiger partial charge in [0, 0.05) is 4.47 Å². The van der Waals surface area contributed by atoms with E-state index in [1.54, 1.807) is 0 Å². The van der Waals surface area contributed by atoms with Gasteiger partial charge >= 0.3 is 5.97 Å². The van der Waals surface area contributed by atoms with Crippen LogP contribution in [0.2, 0.25) is 0 Å². The van der Waals surface area contributed by atoms with Crippen LogP contribution in [0, 0.1) is 0 Å². The SMILES string of the molecule is O=C(O)COCCOc1ccc(Br)cc1. The molecular formula is C10H11BrO4. The molecule has 0 aliphatic rings. The van der Waals surface area contributed by atoms with Crippen LogP contribution in [0.15, 0.2) is 28.7 Å². The molecule has 0 spiro atoms. The van der Waals surface area contributed by atoms with Crippen LogP contribution < -0.4 is 4.74 Å². The van der Waals surface area contributed by atoms with Crippen molar-refractivity contribution in [3.63, 3.8) is 0 Å². The molecule has 0 heterocycles. The van der Waals surface area contributed by atoms with Gasteiger partial charge in [0.15, 0.2) is 0 Å². The molecule has 0 bridgehead atoms. The molecule has 5 heteroatoms. The minimum absolute atomic E-state index is 0.266. The minimum atomic E-state index is -0.973. The Balaban J connectivity index is 2.15. The van der Waals surface area contributed by atoms with Crippen LogP contribution in [-0.4, -0.2) is 30.9 Å². The fourth-order valence-electron chi connectivity index (χ4n) is 0.909. The number of benzene rings is 1. The molecule has 0 fully saturated rings. The van der Waals surface area contributed by atoms with Crippen molar-refractivity contribution < 1.29 is 19.4 Å². The molecule has 0 atom stereocenters. The van der Waals surface area contributed by atoms with E-state index < -0.39 is 5.97 Å². The summed E-state index contributed by atoms with van der Waals surface area (Å²) < 4.78 is 11.1. The summed E-state index contributed by atoms with van der Waals surface area (Å²) in [4.78, 5) is 10.1. The number of halogens is 1. The normalized spacial score (nSPS) is 9.93. The third kappa shape index (κ3) is 5.39. The molecule has 0 aliphatic carbocycles. The molecule has 4 nitrogen and oxygen atoms in total. The van der Waals surface area contributed by atoms with Crippen molar-refractivity contribution in [1.82, 2.24) is 0 Å². The summed E-state index contributed by atoms with van der Waals surface area (Å²) in [5.41, 5.74) is 0. The maximum Gasteiger partial charge on any atom is 0.329 e. The zero-order chi connectivity index (χ0) is 11.1. The third-order valence-corrected chi connectivity index (χ3v) is 2.06. The number of rotatable bonds is 6. The number of ether oxygens (including phenoxy) is 2. The summed E-state index contributed by atoms with van der Waals surface area (Å²) in [5.74, 6) is -0.240. The highest BCUT2D eigenvalue weighted by atomic mass is 79.9. The van der Waals surface area contributed by atoms with Crippen molar-refractivity contribution in [2.24, 2.45) is 0 Å². The van der Waals surface area contributed by atoms with E-state index in [-0.39, 0.29) is 13.2 Å². The second kappa shape index (κ2) is 6.42. The van der Waals surface area contributed by atoms with Gasteiger partial charge < -0.3 is 14.6 Å². The highest BCUT2D eigenvalue weighted by Crippen LogP contribution is 2.15. The lowest BCUT2D eigenvalue weighted by atomic mass is 10.3. The molecule has 82 valence electrons. The van der Waals surface area contributed by atoms with Gasteiger partial charge in [0.05, 0.1) is 6.61 Å². The lowest BCUT2D eigenvalue weighted by molar-refractivity contribution is -0.142. The van der Waals surface area contributed by atoms with Crippen LogP contribution in [0.3, 0.4) is 0 Å². The molecular weight excluding hydrogens is 264 g/mol. The maximum atomic E-state index is 10.1. The van der Waals surface area contributed by atoms with Gasteiger partial charge in [-0.1, -0.05) is 15.9 Å². The Bertz CT molecular complexity index is 310. The maximum absolute atomic E-state index is 10.1. The van der Waals surface area contributed by atoms with Crippen LogP contribution in [0.5, 0.6) is 5.75 Å². The number of carboxylic acids is 1. The van der Waals surface area contributed by atoms with Crippen LogP contribution in [-0.2, 0) is 9.53 Å². The lowest BCUT2D eigenvalue weighted by Crippen LogP contribution is -2.12. The van der Waals surface area contributed by atoms with E-state index in [2.05, 4.69) is 15.9 Å².